The van der Waals surface area contributed by atoms with Crippen LogP contribution in [0.2, 0.25) is 0 Å². The molecular weight excluding hydrogens is 332 g/mol. The lowest BCUT2D eigenvalue weighted by molar-refractivity contribution is 0.194. The van der Waals surface area contributed by atoms with Crippen molar-refractivity contribution in [2.75, 3.05) is 33.0 Å². The van der Waals surface area contributed by atoms with Crippen molar-refractivity contribution in [2.45, 2.75) is 39.5 Å². The Morgan fingerprint density at radius 1 is 0.909 bits per heavy atom. The van der Waals surface area contributed by atoms with Gasteiger partial charge in [-0.2, -0.15) is 0 Å². The van der Waals surface area contributed by atoms with Crippen LogP contribution in [0, 0.1) is 0 Å². The van der Waals surface area contributed by atoms with Crippen LogP contribution >= 0.6 is 15.2 Å². The molecule has 0 aromatic rings. The quantitative estimate of drug-likeness (QED) is 0.206. The molecule has 0 aromatic carbocycles. The summed E-state index contributed by atoms with van der Waals surface area (Å²) in [6.45, 7) is 7.08. The van der Waals surface area contributed by atoms with Crippen LogP contribution in [-0.4, -0.2) is 38.4 Å². The monoisotopic (exact) mass is 357 g/mol. The summed E-state index contributed by atoms with van der Waals surface area (Å²) in [6, 6.07) is 0. The summed E-state index contributed by atoms with van der Waals surface area (Å²) in [5.74, 6) is 0. The van der Waals surface area contributed by atoms with E-state index >= 15 is 0 Å². The Hall–Kier alpha value is -0.390. The molecule has 9 nitrogen and oxygen atoms in total. The average Bonchev–Trinajstić information content (AvgIpc) is 2.44. The third-order valence-corrected chi connectivity index (χ3v) is 8.66. The lowest BCUT2D eigenvalue weighted by atomic mass is 10.5. The minimum Gasteiger partial charge on any atom is -0.308 e. The van der Waals surface area contributed by atoms with Crippen LogP contribution in [0.3, 0.4) is 0 Å². The highest BCUT2D eigenvalue weighted by atomic mass is 31.2. The maximum Gasteiger partial charge on any atom is 0.345 e. The summed E-state index contributed by atoms with van der Waals surface area (Å²) >= 11 is 0. The molecule has 0 atom stereocenters. The van der Waals surface area contributed by atoms with E-state index in [0.717, 1.165) is 0 Å². The Morgan fingerprint density at radius 2 is 1.27 bits per heavy atom. The summed E-state index contributed by atoms with van der Waals surface area (Å²) in [7, 11) is -7.49. The summed E-state index contributed by atoms with van der Waals surface area (Å²) < 4.78 is 47.1. The molecule has 22 heavy (non-hydrogen) atoms. The van der Waals surface area contributed by atoms with Crippen molar-refractivity contribution in [3.8, 4) is 0 Å². The normalized spacial score (nSPS) is 12.4. The molecule has 0 aliphatic rings. The van der Waals surface area contributed by atoms with Gasteiger partial charge in [-0.15, -0.1) is 0 Å². The average molecular weight is 357 g/mol. The Kier molecular flexibility index (Phi) is 11.0. The minimum atomic E-state index is -3.75. The SMILES string of the molecule is CCOP(=O)(OCC)C(CCN=[N+]=[N-])P(=O)(OCC)OCC. The second-order valence-electron chi connectivity index (χ2n) is 3.97. The molecule has 0 heterocycles. The first-order valence-electron chi connectivity index (χ1n) is 7.22. The van der Waals surface area contributed by atoms with Crippen LogP contribution in [0.5, 0.6) is 0 Å². The molecule has 0 unspecified atom stereocenters. The first-order chi connectivity index (χ1) is 10.4. The van der Waals surface area contributed by atoms with Gasteiger partial charge in [0.15, 0.2) is 5.40 Å². The molecule has 130 valence electrons. The minimum absolute atomic E-state index is 0.0125. The molecule has 0 fully saturated rings. The lowest BCUT2D eigenvalue weighted by Gasteiger charge is -2.31. The van der Waals surface area contributed by atoms with E-state index in [1.54, 1.807) is 27.7 Å². The fourth-order valence-corrected chi connectivity index (χ4v) is 7.17. The summed E-state index contributed by atoms with van der Waals surface area (Å²) in [4.78, 5) is 2.64. The van der Waals surface area contributed by atoms with E-state index in [1.807, 2.05) is 0 Å². The number of hydrogen-bond donors (Lipinski definition) is 0. The zero-order chi connectivity index (χ0) is 17.1. The fourth-order valence-electron chi connectivity index (χ4n) is 1.85. The lowest BCUT2D eigenvalue weighted by Crippen LogP contribution is -2.18. The molecule has 0 rings (SSSR count). The maximum atomic E-state index is 13.0. The molecule has 0 saturated heterocycles. The predicted molar refractivity (Wildman–Crippen MR) is 84.1 cm³/mol. The van der Waals surface area contributed by atoms with Gasteiger partial charge >= 0.3 is 15.2 Å². The predicted octanol–water partition coefficient (Wildman–Crippen LogP) is 4.55. The highest BCUT2D eigenvalue weighted by Gasteiger charge is 2.50. The molecule has 0 saturated carbocycles. The van der Waals surface area contributed by atoms with E-state index in [0.29, 0.717) is 0 Å². The van der Waals surface area contributed by atoms with Crippen molar-refractivity contribution in [3.63, 3.8) is 0 Å². The van der Waals surface area contributed by atoms with Crippen LogP contribution in [0.25, 0.3) is 10.4 Å². The number of hydrogen-bond acceptors (Lipinski definition) is 7. The van der Waals surface area contributed by atoms with Crippen molar-refractivity contribution in [1.29, 1.82) is 0 Å². The largest absolute Gasteiger partial charge is 0.345 e. The van der Waals surface area contributed by atoms with Gasteiger partial charge in [0, 0.05) is 11.5 Å². The smallest absolute Gasteiger partial charge is 0.308 e. The Labute approximate surface area is 131 Å². The van der Waals surface area contributed by atoms with Gasteiger partial charge in [-0.3, -0.25) is 9.13 Å². The Bertz CT molecular complexity index is 405. The van der Waals surface area contributed by atoms with E-state index < -0.39 is 20.6 Å². The van der Waals surface area contributed by atoms with Gasteiger partial charge in [-0.1, -0.05) is 5.11 Å². The molecule has 0 spiro atoms. The van der Waals surface area contributed by atoms with Crippen molar-refractivity contribution >= 4 is 15.2 Å². The van der Waals surface area contributed by atoms with E-state index in [2.05, 4.69) is 10.0 Å². The first kappa shape index (κ1) is 21.6. The zero-order valence-electron chi connectivity index (χ0n) is 13.5. The molecular formula is C11H25N3O6P2. The van der Waals surface area contributed by atoms with Crippen LogP contribution in [0.4, 0.5) is 0 Å². The molecule has 0 bridgehead atoms. The second-order valence-corrected chi connectivity index (χ2v) is 8.82. The van der Waals surface area contributed by atoms with Crippen molar-refractivity contribution in [2.24, 2.45) is 5.11 Å². The third kappa shape index (κ3) is 6.39. The van der Waals surface area contributed by atoms with Crippen molar-refractivity contribution in [3.05, 3.63) is 10.4 Å². The van der Waals surface area contributed by atoms with Gasteiger partial charge in [0.25, 0.3) is 0 Å². The van der Waals surface area contributed by atoms with Gasteiger partial charge in [0.2, 0.25) is 0 Å². The Balaban J connectivity index is 5.68. The zero-order valence-corrected chi connectivity index (χ0v) is 15.3. The summed E-state index contributed by atoms with van der Waals surface area (Å²) in [5.41, 5.74) is 8.39. The maximum absolute atomic E-state index is 13.0. The fraction of sp³-hybridized carbons (Fsp3) is 1.00. The summed E-state index contributed by atoms with van der Waals surface area (Å²) in [6.07, 6.45) is 0.0125. The van der Waals surface area contributed by atoms with E-state index in [-0.39, 0.29) is 39.4 Å². The molecule has 0 N–H and O–H groups in total. The highest BCUT2D eigenvalue weighted by molar-refractivity contribution is 7.72. The molecule has 0 aromatic heterocycles. The first-order valence-corrected chi connectivity index (χ1v) is 10.4. The van der Waals surface area contributed by atoms with Gasteiger partial charge in [0.1, 0.15) is 0 Å². The molecule has 0 aliphatic heterocycles. The third-order valence-electron chi connectivity index (χ3n) is 2.52. The van der Waals surface area contributed by atoms with Crippen LogP contribution < -0.4 is 0 Å². The Morgan fingerprint density at radius 3 is 1.55 bits per heavy atom. The van der Waals surface area contributed by atoms with E-state index in [1.165, 1.54) is 0 Å². The topological polar surface area (TPSA) is 120 Å². The number of nitrogens with zero attached hydrogens (tertiary/aromatic N) is 3. The van der Waals surface area contributed by atoms with Gasteiger partial charge in [0.05, 0.1) is 26.4 Å². The molecule has 0 aliphatic carbocycles. The van der Waals surface area contributed by atoms with Gasteiger partial charge < -0.3 is 18.1 Å². The molecule has 11 heteroatoms. The van der Waals surface area contributed by atoms with E-state index in [4.69, 9.17) is 23.6 Å². The standard InChI is InChI=1S/C11H25N3O6P2/c1-5-17-21(15,18-6-2)11(9-10-13-14-12)22(16,19-7-3)20-8-4/h11H,5-10H2,1-4H3. The summed E-state index contributed by atoms with van der Waals surface area (Å²) in [5, 5.41) is 2.26. The number of rotatable bonds is 13. The highest BCUT2D eigenvalue weighted by Crippen LogP contribution is 2.71. The van der Waals surface area contributed by atoms with Crippen molar-refractivity contribution < 1.29 is 27.2 Å². The van der Waals surface area contributed by atoms with Gasteiger partial charge in [-0.25, -0.2) is 0 Å². The number of azide groups is 1. The van der Waals surface area contributed by atoms with Crippen molar-refractivity contribution in [1.82, 2.24) is 0 Å². The molecule has 0 radical (unpaired) electrons. The van der Waals surface area contributed by atoms with Gasteiger partial charge in [-0.05, 0) is 39.6 Å². The second kappa shape index (κ2) is 11.2. The van der Waals surface area contributed by atoms with Crippen LogP contribution in [-0.2, 0) is 27.2 Å². The molecule has 0 amide bonds. The van der Waals surface area contributed by atoms with Crippen LogP contribution in [0.1, 0.15) is 34.1 Å². The van der Waals surface area contributed by atoms with E-state index in [9.17, 15) is 9.13 Å². The van der Waals surface area contributed by atoms with Crippen LogP contribution in [0.15, 0.2) is 5.11 Å².